The number of anilines is 1. The molecule has 2 heterocycles. The van der Waals surface area contributed by atoms with E-state index in [1.807, 2.05) is 25.1 Å². The van der Waals surface area contributed by atoms with Gasteiger partial charge in [0.2, 0.25) is 5.95 Å². The zero-order chi connectivity index (χ0) is 13.9. The van der Waals surface area contributed by atoms with Crippen molar-refractivity contribution < 1.29 is 9.47 Å². The van der Waals surface area contributed by atoms with Gasteiger partial charge in [-0.15, -0.1) is 10.2 Å². The summed E-state index contributed by atoms with van der Waals surface area (Å²) in [6.07, 6.45) is 0. The zero-order valence-corrected chi connectivity index (χ0v) is 11.7. The normalized spacial score (nSPS) is 13.3. The van der Waals surface area contributed by atoms with Crippen molar-refractivity contribution in [1.29, 1.82) is 0 Å². The van der Waals surface area contributed by atoms with Crippen molar-refractivity contribution >= 4 is 5.95 Å². The minimum atomic E-state index is 0.583. The lowest BCUT2D eigenvalue weighted by atomic mass is 10.2. The highest BCUT2D eigenvalue weighted by atomic mass is 16.6. The fourth-order valence-corrected chi connectivity index (χ4v) is 2.29. The lowest BCUT2D eigenvalue weighted by molar-refractivity contribution is 0.171. The lowest BCUT2D eigenvalue weighted by Gasteiger charge is -2.18. The smallest absolute Gasteiger partial charge is 0.224 e. The number of nitrogens with zero attached hydrogens (tertiary/aromatic N) is 3. The molecule has 6 heteroatoms. The molecule has 0 bridgehead atoms. The molecule has 0 amide bonds. The summed E-state index contributed by atoms with van der Waals surface area (Å²) in [5.74, 6) is 3.18. The maximum absolute atomic E-state index is 5.62. The molecule has 0 radical (unpaired) electrons. The minimum Gasteiger partial charge on any atom is -0.486 e. The Balaban J connectivity index is 2.00. The van der Waals surface area contributed by atoms with Gasteiger partial charge in [0.1, 0.15) is 13.2 Å². The molecule has 1 aliphatic rings. The van der Waals surface area contributed by atoms with E-state index in [4.69, 9.17) is 9.47 Å². The van der Waals surface area contributed by atoms with E-state index in [9.17, 15) is 0 Å². The first-order valence-corrected chi connectivity index (χ1v) is 6.90. The first-order valence-electron chi connectivity index (χ1n) is 6.90. The number of aromatic nitrogens is 3. The van der Waals surface area contributed by atoms with Gasteiger partial charge in [-0.05, 0) is 32.0 Å². The largest absolute Gasteiger partial charge is 0.486 e. The fourth-order valence-electron chi connectivity index (χ4n) is 2.29. The lowest BCUT2D eigenvalue weighted by Crippen LogP contribution is -2.15. The predicted molar refractivity (Wildman–Crippen MR) is 76.3 cm³/mol. The van der Waals surface area contributed by atoms with Crippen molar-refractivity contribution in [3.05, 3.63) is 18.2 Å². The number of nitrogens with one attached hydrogen (secondary N) is 1. The molecule has 0 fully saturated rings. The number of ether oxygens (including phenoxy) is 2. The molecular formula is C14H18N4O2. The maximum atomic E-state index is 5.62. The van der Waals surface area contributed by atoms with Crippen LogP contribution in [0.15, 0.2) is 18.2 Å². The molecule has 6 nitrogen and oxygen atoms in total. The first kappa shape index (κ1) is 12.8. The second kappa shape index (κ2) is 5.40. The van der Waals surface area contributed by atoms with Gasteiger partial charge in [-0.2, -0.15) is 0 Å². The molecule has 0 saturated heterocycles. The number of benzene rings is 1. The molecule has 0 aliphatic carbocycles. The molecular weight excluding hydrogens is 256 g/mol. The van der Waals surface area contributed by atoms with Gasteiger partial charge in [0.15, 0.2) is 17.3 Å². The first-order chi connectivity index (χ1) is 9.83. The second-order valence-corrected chi connectivity index (χ2v) is 4.48. The van der Waals surface area contributed by atoms with Crippen LogP contribution < -0.4 is 14.8 Å². The highest BCUT2D eigenvalue weighted by Gasteiger charge is 2.16. The van der Waals surface area contributed by atoms with Crippen LogP contribution in [0, 0.1) is 0 Å². The maximum Gasteiger partial charge on any atom is 0.224 e. The van der Waals surface area contributed by atoms with Gasteiger partial charge in [-0.3, -0.25) is 4.57 Å². The van der Waals surface area contributed by atoms with E-state index < -0.39 is 0 Å². The van der Waals surface area contributed by atoms with E-state index in [0.29, 0.717) is 13.2 Å². The molecule has 106 valence electrons. The quantitative estimate of drug-likeness (QED) is 0.925. The van der Waals surface area contributed by atoms with Crippen LogP contribution in [0.25, 0.3) is 11.4 Å². The molecule has 0 atom stereocenters. The van der Waals surface area contributed by atoms with Crippen LogP contribution >= 0.6 is 0 Å². The zero-order valence-electron chi connectivity index (χ0n) is 11.7. The van der Waals surface area contributed by atoms with Crippen molar-refractivity contribution in [2.24, 2.45) is 0 Å². The number of hydrogen-bond acceptors (Lipinski definition) is 5. The van der Waals surface area contributed by atoms with E-state index in [0.717, 1.165) is 41.9 Å². The topological polar surface area (TPSA) is 61.2 Å². The Labute approximate surface area is 117 Å². The molecule has 1 N–H and O–H groups in total. The third kappa shape index (κ3) is 2.17. The Morgan fingerprint density at radius 2 is 1.95 bits per heavy atom. The molecule has 2 aromatic rings. The summed E-state index contributed by atoms with van der Waals surface area (Å²) in [7, 11) is 0. The molecule has 0 unspecified atom stereocenters. The Morgan fingerprint density at radius 1 is 1.15 bits per heavy atom. The highest BCUT2D eigenvalue weighted by Crippen LogP contribution is 2.34. The van der Waals surface area contributed by atoms with Gasteiger partial charge in [0.05, 0.1) is 0 Å². The summed E-state index contributed by atoms with van der Waals surface area (Å²) < 4.78 is 13.2. The van der Waals surface area contributed by atoms with Gasteiger partial charge in [-0.25, -0.2) is 0 Å². The fraction of sp³-hybridized carbons (Fsp3) is 0.429. The third-order valence-electron chi connectivity index (χ3n) is 3.20. The molecule has 1 aromatic carbocycles. The van der Waals surface area contributed by atoms with Crippen LogP contribution in [-0.4, -0.2) is 34.5 Å². The number of hydrogen-bond donors (Lipinski definition) is 1. The van der Waals surface area contributed by atoms with Crippen molar-refractivity contribution in [1.82, 2.24) is 14.8 Å². The van der Waals surface area contributed by atoms with Crippen LogP contribution in [0.2, 0.25) is 0 Å². The average molecular weight is 274 g/mol. The van der Waals surface area contributed by atoms with E-state index in [1.54, 1.807) is 0 Å². The van der Waals surface area contributed by atoms with Crippen molar-refractivity contribution in [3.63, 3.8) is 0 Å². The summed E-state index contributed by atoms with van der Waals surface area (Å²) in [6, 6.07) is 5.87. The van der Waals surface area contributed by atoms with Gasteiger partial charge in [-0.1, -0.05) is 0 Å². The van der Waals surface area contributed by atoms with Crippen LogP contribution in [0.4, 0.5) is 5.95 Å². The van der Waals surface area contributed by atoms with Crippen molar-refractivity contribution in [3.8, 4) is 22.9 Å². The Kier molecular flexibility index (Phi) is 3.45. The SMILES string of the molecule is CCNc1nnc(-c2ccc3c(c2)OCCO3)n1CC. The van der Waals surface area contributed by atoms with Crippen molar-refractivity contribution in [2.45, 2.75) is 20.4 Å². The summed E-state index contributed by atoms with van der Waals surface area (Å²) in [4.78, 5) is 0. The van der Waals surface area contributed by atoms with Crippen LogP contribution in [-0.2, 0) is 6.54 Å². The van der Waals surface area contributed by atoms with E-state index >= 15 is 0 Å². The Bertz CT molecular complexity index is 609. The number of fused-ring (bicyclic) bond motifs is 1. The molecule has 1 aromatic heterocycles. The van der Waals surface area contributed by atoms with Gasteiger partial charge < -0.3 is 14.8 Å². The van der Waals surface area contributed by atoms with E-state index in [-0.39, 0.29) is 0 Å². The molecule has 0 saturated carbocycles. The summed E-state index contributed by atoms with van der Waals surface area (Å²) in [5, 5.41) is 11.7. The van der Waals surface area contributed by atoms with Crippen molar-refractivity contribution in [2.75, 3.05) is 25.1 Å². The second-order valence-electron chi connectivity index (χ2n) is 4.48. The van der Waals surface area contributed by atoms with Crippen LogP contribution in [0.5, 0.6) is 11.5 Å². The monoisotopic (exact) mass is 274 g/mol. The summed E-state index contributed by atoms with van der Waals surface area (Å²) >= 11 is 0. The average Bonchev–Trinajstić information content (AvgIpc) is 2.90. The minimum absolute atomic E-state index is 0.583. The molecule has 20 heavy (non-hydrogen) atoms. The Morgan fingerprint density at radius 3 is 2.70 bits per heavy atom. The third-order valence-corrected chi connectivity index (χ3v) is 3.20. The van der Waals surface area contributed by atoms with E-state index in [1.165, 1.54) is 0 Å². The number of rotatable bonds is 4. The molecule has 3 rings (SSSR count). The highest BCUT2D eigenvalue weighted by molar-refractivity contribution is 5.63. The molecule has 1 aliphatic heterocycles. The van der Waals surface area contributed by atoms with Gasteiger partial charge in [0.25, 0.3) is 0 Å². The summed E-state index contributed by atoms with van der Waals surface area (Å²) in [6.45, 7) is 6.92. The van der Waals surface area contributed by atoms with Crippen LogP contribution in [0.1, 0.15) is 13.8 Å². The Hall–Kier alpha value is -2.24. The molecule has 0 spiro atoms. The van der Waals surface area contributed by atoms with Crippen LogP contribution in [0.3, 0.4) is 0 Å². The summed E-state index contributed by atoms with van der Waals surface area (Å²) in [5.41, 5.74) is 0.979. The standard InChI is InChI=1S/C14H18N4O2/c1-3-15-14-17-16-13(18(14)4-2)10-5-6-11-12(9-10)20-8-7-19-11/h5-6,9H,3-4,7-8H2,1-2H3,(H,15,17). The predicted octanol–water partition coefficient (Wildman–Crippen LogP) is 2.17. The van der Waals surface area contributed by atoms with E-state index in [2.05, 4.69) is 27.0 Å². The van der Waals surface area contributed by atoms with Gasteiger partial charge in [0, 0.05) is 18.7 Å². The van der Waals surface area contributed by atoms with Gasteiger partial charge >= 0.3 is 0 Å².